The fraction of sp³-hybridized carbons (Fsp3) is 0.130. The number of nitrogens with zero attached hydrogens (tertiary/aromatic N) is 2. The first kappa shape index (κ1) is 22.0. The highest BCUT2D eigenvalue weighted by molar-refractivity contribution is 7.90. The van der Waals surface area contributed by atoms with Gasteiger partial charge in [0.2, 0.25) is 0 Å². The van der Waals surface area contributed by atoms with Gasteiger partial charge in [0.05, 0.1) is 28.5 Å². The summed E-state index contributed by atoms with van der Waals surface area (Å²) in [6.45, 7) is 5.59. The lowest BCUT2D eigenvalue weighted by molar-refractivity contribution is 0.243. The predicted molar refractivity (Wildman–Crippen MR) is 121 cm³/mol. The minimum atomic E-state index is -3.29. The van der Waals surface area contributed by atoms with Crippen molar-refractivity contribution in [1.82, 2.24) is 20.4 Å². The van der Waals surface area contributed by atoms with Crippen molar-refractivity contribution in [2.45, 2.75) is 18.4 Å². The number of rotatable bonds is 7. The number of nitrogens with one attached hydrogen (secondary N) is 2. The van der Waals surface area contributed by atoms with Crippen LogP contribution in [0.4, 0.5) is 4.79 Å². The second-order valence-electron chi connectivity index (χ2n) is 6.96. The van der Waals surface area contributed by atoms with Crippen molar-refractivity contribution in [1.29, 1.82) is 0 Å². The third kappa shape index (κ3) is 5.70. The first-order valence-electron chi connectivity index (χ1n) is 9.57. The van der Waals surface area contributed by atoms with Gasteiger partial charge in [-0.3, -0.25) is 0 Å². The zero-order chi connectivity index (χ0) is 22.4. The van der Waals surface area contributed by atoms with Crippen LogP contribution >= 0.6 is 0 Å². The van der Waals surface area contributed by atoms with Gasteiger partial charge in [-0.1, -0.05) is 43.0 Å². The molecule has 7 nitrogen and oxygen atoms in total. The molecular formula is C23H24N4O3S. The molecule has 0 unspecified atom stereocenters. The van der Waals surface area contributed by atoms with E-state index in [4.69, 9.17) is 0 Å². The Kier molecular flexibility index (Phi) is 6.71. The summed E-state index contributed by atoms with van der Waals surface area (Å²) in [5, 5.41) is 10.1. The molecule has 160 valence electrons. The van der Waals surface area contributed by atoms with Crippen molar-refractivity contribution in [3.63, 3.8) is 0 Å². The van der Waals surface area contributed by atoms with Crippen LogP contribution < -0.4 is 10.6 Å². The molecule has 0 saturated carbocycles. The second-order valence-corrected chi connectivity index (χ2v) is 8.97. The highest BCUT2D eigenvalue weighted by Gasteiger charge is 2.14. The van der Waals surface area contributed by atoms with Gasteiger partial charge in [0, 0.05) is 17.5 Å². The van der Waals surface area contributed by atoms with Crippen molar-refractivity contribution < 1.29 is 13.2 Å². The number of sulfone groups is 1. The molecule has 3 rings (SSSR count). The molecule has 0 atom stereocenters. The molecule has 0 spiro atoms. The summed E-state index contributed by atoms with van der Waals surface area (Å²) in [6, 6.07) is 17.8. The smallest absolute Gasteiger partial charge is 0.319 e. The molecule has 2 N–H and O–H groups in total. The second kappa shape index (κ2) is 9.44. The molecule has 8 heteroatoms. The van der Waals surface area contributed by atoms with Crippen LogP contribution in [0.3, 0.4) is 0 Å². The molecule has 1 heterocycles. The van der Waals surface area contributed by atoms with E-state index in [1.807, 2.05) is 36.4 Å². The standard InChI is InChI=1S/C23H24N4O3S/c1-4-8-17(2)25-23(28)24-16-19-15-22(18-9-6-5-7-10-18)27(26-19)20-11-13-21(14-12-20)31(3,29)30/h4-15H,1,16H2,2-3H3,(H2,24,25,28)/b17-8+. The summed E-state index contributed by atoms with van der Waals surface area (Å²) in [5.74, 6) is 0. The largest absolute Gasteiger partial charge is 0.332 e. The summed E-state index contributed by atoms with van der Waals surface area (Å²) >= 11 is 0. The van der Waals surface area contributed by atoms with Crippen LogP contribution in [0.15, 0.2) is 90.0 Å². The molecule has 1 aromatic heterocycles. The van der Waals surface area contributed by atoms with Crippen LogP contribution in [0.2, 0.25) is 0 Å². The molecule has 0 aliphatic heterocycles. The van der Waals surface area contributed by atoms with Gasteiger partial charge >= 0.3 is 6.03 Å². The summed E-state index contributed by atoms with van der Waals surface area (Å²) in [7, 11) is -3.29. The number of allylic oxidation sites excluding steroid dienone is 3. The molecule has 31 heavy (non-hydrogen) atoms. The number of carbonyl (C=O) groups is 1. The van der Waals surface area contributed by atoms with Crippen LogP contribution in [0.5, 0.6) is 0 Å². The fourth-order valence-electron chi connectivity index (χ4n) is 2.97. The summed E-state index contributed by atoms with van der Waals surface area (Å²) in [6.07, 6.45) is 4.46. The van der Waals surface area contributed by atoms with E-state index in [2.05, 4.69) is 22.3 Å². The van der Waals surface area contributed by atoms with Crippen molar-refractivity contribution in [3.05, 3.63) is 90.8 Å². The Morgan fingerprint density at radius 1 is 1.13 bits per heavy atom. The molecule has 0 aliphatic rings. The number of urea groups is 1. The number of benzene rings is 2. The van der Waals surface area contributed by atoms with Gasteiger partial charge < -0.3 is 10.6 Å². The zero-order valence-corrected chi connectivity index (χ0v) is 18.2. The molecule has 2 aromatic carbocycles. The first-order valence-corrected chi connectivity index (χ1v) is 11.5. The summed E-state index contributed by atoms with van der Waals surface area (Å²) in [4.78, 5) is 12.3. The van der Waals surface area contributed by atoms with Crippen molar-refractivity contribution in [2.75, 3.05) is 6.26 Å². The Morgan fingerprint density at radius 2 is 1.81 bits per heavy atom. The van der Waals surface area contributed by atoms with Gasteiger partial charge in [-0.05, 0) is 43.3 Å². The van der Waals surface area contributed by atoms with Crippen molar-refractivity contribution >= 4 is 15.9 Å². The Hall–Kier alpha value is -3.65. The average Bonchev–Trinajstić information content (AvgIpc) is 3.17. The number of amides is 2. The molecule has 3 aromatic rings. The lowest BCUT2D eigenvalue weighted by atomic mass is 10.1. The van der Waals surface area contributed by atoms with Crippen LogP contribution in [0.1, 0.15) is 12.6 Å². The Balaban J connectivity index is 1.90. The predicted octanol–water partition coefficient (Wildman–Crippen LogP) is 3.83. The van der Waals surface area contributed by atoms with E-state index < -0.39 is 9.84 Å². The Bertz CT molecular complexity index is 1210. The maximum Gasteiger partial charge on any atom is 0.319 e. The fourth-order valence-corrected chi connectivity index (χ4v) is 3.61. The van der Waals surface area contributed by atoms with Crippen LogP contribution in [-0.4, -0.2) is 30.5 Å². The summed E-state index contributed by atoms with van der Waals surface area (Å²) < 4.78 is 25.3. The van der Waals surface area contributed by atoms with Gasteiger partial charge in [0.25, 0.3) is 0 Å². The quantitative estimate of drug-likeness (QED) is 0.551. The maximum atomic E-state index is 12.1. The molecule has 0 radical (unpaired) electrons. The third-order valence-corrected chi connectivity index (χ3v) is 5.58. The van der Waals surface area contributed by atoms with E-state index in [9.17, 15) is 13.2 Å². The van der Waals surface area contributed by atoms with E-state index in [0.717, 1.165) is 11.3 Å². The van der Waals surface area contributed by atoms with E-state index in [1.54, 1.807) is 48.0 Å². The highest BCUT2D eigenvalue weighted by atomic mass is 32.2. The van der Waals surface area contributed by atoms with E-state index in [-0.39, 0.29) is 17.5 Å². The number of carbonyl (C=O) groups excluding carboxylic acids is 1. The topological polar surface area (TPSA) is 93.1 Å². The number of hydrogen-bond donors (Lipinski definition) is 2. The molecule has 0 bridgehead atoms. The molecular weight excluding hydrogens is 412 g/mol. The Morgan fingerprint density at radius 3 is 2.42 bits per heavy atom. The minimum absolute atomic E-state index is 0.224. The van der Waals surface area contributed by atoms with Crippen molar-refractivity contribution in [2.24, 2.45) is 0 Å². The van der Waals surface area contributed by atoms with Crippen LogP contribution in [0, 0.1) is 0 Å². The normalized spacial score (nSPS) is 11.7. The third-order valence-electron chi connectivity index (χ3n) is 4.45. The average molecular weight is 437 g/mol. The van der Waals surface area contributed by atoms with Crippen LogP contribution in [-0.2, 0) is 16.4 Å². The van der Waals surface area contributed by atoms with Crippen LogP contribution in [0.25, 0.3) is 16.9 Å². The maximum absolute atomic E-state index is 12.1. The first-order chi connectivity index (χ1) is 14.8. The number of aromatic nitrogens is 2. The van der Waals surface area contributed by atoms with Gasteiger partial charge in [-0.25, -0.2) is 17.9 Å². The zero-order valence-electron chi connectivity index (χ0n) is 17.4. The SMILES string of the molecule is C=C/C=C(\C)NC(=O)NCc1cc(-c2ccccc2)n(-c2ccc(S(C)(=O)=O)cc2)n1. The summed E-state index contributed by atoms with van der Waals surface area (Å²) in [5.41, 5.74) is 3.82. The molecule has 0 aliphatic carbocycles. The van der Waals surface area contributed by atoms with E-state index in [0.29, 0.717) is 17.1 Å². The van der Waals surface area contributed by atoms with Crippen molar-refractivity contribution in [3.8, 4) is 16.9 Å². The number of hydrogen-bond acceptors (Lipinski definition) is 4. The molecule has 0 saturated heterocycles. The lowest BCUT2D eigenvalue weighted by Crippen LogP contribution is -2.33. The van der Waals surface area contributed by atoms with Gasteiger partial charge in [-0.15, -0.1) is 0 Å². The van der Waals surface area contributed by atoms with Gasteiger partial charge in [0.1, 0.15) is 0 Å². The Labute approximate surface area is 182 Å². The van der Waals surface area contributed by atoms with Gasteiger partial charge in [0.15, 0.2) is 9.84 Å². The van der Waals surface area contributed by atoms with Gasteiger partial charge in [-0.2, -0.15) is 5.10 Å². The molecule has 2 amide bonds. The van der Waals surface area contributed by atoms with E-state index in [1.165, 1.54) is 6.26 Å². The van der Waals surface area contributed by atoms with E-state index >= 15 is 0 Å². The minimum Gasteiger partial charge on any atom is -0.332 e. The lowest BCUT2D eigenvalue weighted by Gasteiger charge is -2.08. The monoisotopic (exact) mass is 436 g/mol. The molecule has 0 fully saturated rings. The highest BCUT2D eigenvalue weighted by Crippen LogP contribution is 2.24.